The predicted octanol–water partition coefficient (Wildman–Crippen LogP) is 0.272. The van der Waals surface area contributed by atoms with E-state index in [0.29, 0.717) is 6.04 Å². The Morgan fingerprint density at radius 2 is 2.40 bits per heavy atom. The van der Waals surface area contributed by atoms with Gasteiger partial charge in [0.1, 0.15) is 0 Å². The molecule has 1 fully saturated rings. The summed E-state index contributed by atoms with van der Waals surface area (Å²) in [6, 6.07) is 0.423. The van der Waals surface area contributed by atoms with E-state index >= 15 is 0 Å². The zero-order chi connectivity index (χ0) is 10.7. The van der Waals surface area contributed by atoms with Crippen LogP contribution < -0.4 is 0 Å². The first-order valence-electron chi connectivity index (χ1n) is 5.84. The number of aryl methyl sites for hydroxylation is 1. The molecule has 0 aliphatic carbocycles. The van der Waals surface area contributed by atoms with E-state index in [2.05, 4.69) is 34.0 Å². The van der Waals surface area contributed by atoms with Crippen molar-refractivity contribution in [3.8, 4) is 0 Å². The Hall–Kier alpha value is -0.905. The second-order valence-corrected chi connectivity index (χ2v) is 4.07. The molecule has 15 heavy (non-hydrogen) atoms. The van der Waals surface area contributed by atoms with Crippen molar-refractivity contribution in [3.63, 3.8) is 0 Å². The molecule has 0 spiro atoms. The molecule has 0 amide bonds. The minimum atomic E-state index is 0.423. The van der Waals surface area contributed by atoms with Gasteiger partial charge in [-0.1, -0.05) is 13.7 Å². The zero-order valence-electron chi connectivity index (χ0n) is 9.56. The van der Waals surface area contributed by atoms with Gasteiger partial charge in [0.25, 0.3) is 0 Å². The highest BCUT2D eigenvalue weighted by Gasteiger charge is 2.22. The number of piperidine rings is 1. The van der Waals surface area contributed by atoms with E-state index in [1.165, 1.54) is 19.4 Å². The van der Waals surface area contributed by atoms with Crippen LogP contribution in [0.25, 0.3) is 0 Å². The van der Waals surface area contributed by atoms with Gasteiger partial charge in [0, 0.05) is 13.0 Å². The Morgan fingerprint density at radius 3 is 3.07 bits per heavy atom. The number of hydrogen-bond acceptors (Lipinski definition) is 4. The molecule has 0 bridgehead atoms. The van der Waals surface area contributed by atoms with Crippen LogP contribution >= 0.6 is 0 Å². The molecule has 0 saturated carbocycles. The largest absolute Gasteiger partial charge is 0.343 e. The average molecular weight is 207 g/mol. The van der Waals surface area contributed by atoms with Crippen molar-refractivity contribution >= 4 is 7.41 Å². The number of aromatic nitrogens is 4. The van der Waals surface area contributed by atoms with Crippen LogP contribution in [0.5, 0.6) is 0 Å². The van der Waals surface area contributed by atoms with Gasteiger partial charge in [-0.25, -0.2) is 0 Å². The van der Waals surface area contributed by atoms with Gasteiger partial charge in [0.15, 0.2) is 5.82 Å². The molecular weight excluding hydrogens is 189 g/mol. The number of nitrogens with zero attached hydrogens (tertiary/aromatic N) is 5. The van der Waals surface area contributed by atoms with Crippen LogP contribution in [0.1, 0.15) is 31.6 Å². The molecule has 1 aromatic heterocycles. The van der Waals surface area contributed by atoms with Crippen molar-refractivity contribution in [2.75, 3.05) is 13.1 Å². The van der Waals surface area contributed by atoms with E-state index in [9.17, 15) is 0 Å². The monoisotopic (exact) mass is 207 g/mol. The van der Waals surface area contributed by atoms with E-state index in [0.717, 1.165) is 26.2 Å². The summed E-state index contributed by atoms with van der Waals surface area (Å²) in [6.07, 6.45) is 3.28. The molecule has 82 valence electrons. The van der Waals surface area contributed by atoms with Gasteiger partial charge < -0.3 is 4.81 Å². The molecular formula is C9H18BN5. The summed E-state index contributed by atoms with van der Waals surface area (Å²) in [5, 5.41) is 12.5. The molecule has 2 rings (SSSR count). The number of hydrogen-bond donors (Lipinski definition) is 0. The van der Waals surface area contributed by atoms with Gasteiger partial charge in [-0.15, -0.1) is 10.2 Å². The van der Waals surface area contributed by atoms with Crippen LogP contribution in [0, 0.1) is 0 Å². The molecule has 1 atom stereocenters. The smallest absolute Gasteiger partial charge is 0.201 e. The number of tetrazole rings is 1. The highest BCUT2D eigenvalue weighted by molar-refractivity contribution is 6.29. The third kappa shape index (κ3) is 2.37. The van der Waals surface area contributed by atoms with Crippen LogP contribution in [0.2, 0.25) is 6.82 Å². The Kier molecular flexibility index (Phi) is 3.35. The molecule has 5 nitrogen and oxygen atoms in total. The third-order valence-electron chi connectivity index (χ3n) is 3.04. The minimum Gasteiger partial charge on any atom is -0.343 e. The summed E-state index contributed by atoms with van der Waals surface area (Å²) in [5.74, 6) is 0.851. The lowest BCUT2D eigenvalue weighted by molar-refractivity contribution is 0.238. The van der Waals surface area contributed by atoms with Crippen LogP contribution in [0.3, 0.4) is 0 Å². The summed E-state index contributed by atoms with van der Waals surface area (Å²) in [4.78, 5) is 4.25. The topological polar surface area (TPSA) is 46.8 Å². The highest BCUT2D eigenvalue weighted by atomic mass is 15.6. The Labute approximate surface area is 91.1 Å². The predicted molar refractivity (Wildman–Crippen MR) is 60.1 cm³/mol. The molecule has 1 aliphatic rings. The second-order valence-electron chi connectivity index (χ2n) is 4.07. The van der Waals surface area contributed by atoms with E-state index in [1.54, 1.807) is 4.80 Å². The molecule has 0 radical (unpaired) electrons. The van der Waals surface area contributed by atoms with E-state index < -0.39 is 0 Å². The minimum absolute atomic E-state index is 0.423. The lowest BCUT2D eigenvalue weighted by Gasteiger charge is -2.30. The summed E-state index contributed by atoms with van der Waals surface area (Å²) in [6.45, 7) is 6.54. The lowest BCUT2D eigenvalue weighted by Crippen LogP contribution is -2.38. The fourth-order valence-corrected chi connectivity index (χ4v) is 2.06. The van der Waals surface area contributed by atoms with Crippen LogP contribution in [0.4, 0.5) is 0 Å². The quantitative estimate of drug-likeness (QED) is 0.667. The normalized spacial score (nSPS) is 22.9. The maximum Gasteiger partial charge on any atom is 0.201 e. The molecule has 1 aromatic rings. The molecule has 2 heterocycles. The zero-order valence-corrected chi connectivity index (χ0v) is 9.56. The SMILES string of the molecule is CBN1CCCC(n2nnc(CC)n2)C1. The van der Waals surface area contributed by atoms with Crippen molar-refractivity contribution in [3.05, 3.63) is 5.82 Å². The van der Waals surface area contributed by atoms with Crippen molar-refractivity contribution in [2.24, 2.45) is 0 Å². The van der Waals surface area contributed by atoms with Gasteiger partial charge in [-0.2, -0.15) is 4.80 Å². The second kappa shape index (κ2) is 4.74. The summed E-state index contributed by atoms with van der Waals surface area (Å²) in [5.41, 5.74) is 0. The fourth-order valence-electron chi connectivity index (χ4n) is 2.06. The van der Waals surface area contributed by atoms with Gasteiger partial charge in [0.05, 0.1) is 6.04 Å². The first-order valence-corrected chi connectivity index (χ1v) is 5.84. The summed E-state index contributed by atoms with van der Waals surface area (Å²) >= 11 is 0. The maximum absolute atomic E-state index is 4.39. The standard InChI is InChI=1S/C9H18BN5/c1-3-9-11-13-15(12-9)8-5-4-6-14(7-8)10-2/h8,10H,3-7H2,1-2H3. The highest BCUT2D eigenvalue weighted by Crippen LogP contribution is 2.18. The van der Waals surface area contributed by atoms with E-state index in [1.807, 2.05) is 0 Å². The van der Waals surface area contributed by atoms with Gasteiger partial charge in [-0.3, -0.25) is 0 Å². The molecule has 1 unspecified atom stereocenters. The van der Waals surface area contributed by atoms with Crippen molar-refractivity contribution in [2.45, 2.75) is 39.1 Å². The van der Waals surface area contributed by atoms with Crippen LogP contribution in [-0.4, -0.2) is 45.5 Å². The summed E-state index contributed by atoms with van der Waals surface area (Å²) < 4.78 is 0. The van der Waals surface area contributed by atoms with Gasteiger partial charge in [-0.05, 0) is 24.6 Å². The number of rotatable bonds is 3. The molecule has 6 heteroatoms. The van der Waals surface area contributed by atoms with Gasteiger partial charge in [0.2, 0.25) is 7.41 Å². The molecule has 1 aliphatic heterocycles. The molecule has 1 saturated heterocycles. The van der Waals surface area contributed by atoms with Crippen molar-refractivity contribution in [1.29, 1.82) is 0 Å². The third-order valence-corrected chi connectivity index (χ3v) is 3.04. The fraction of sp³-hybridized carbons (Fsp3) is 0.889. The van der Waals surface area contributed by atoms with Crippen LogP contribution in [-0.2, 0) is 6.42 Å². The van der Waals surface area contributed by atoms with Crippen LogP contribution in [0.15, 0.2) is 0 Å². The first kappa shape index (κ1) is 10.6. The summed E-state index contributed by atoms with van der Waals surface area (Å²) in [7, 11) is 1.12. The van der Waals surface area contributed by atoms with E-state index in [4.69, 9.17) is 0 Å². The van der Waals surface area contributed by atoms with E-state index in [-0.39, 0.29) is 0 Å². The Morgan fingerprint density at radius 1 is 1.53 bits per heavy atom. The van der Waals surface area contributed by atoms with Crippen molar-refractivity contribution in [1.82, 2.24) is 25.0 Å². The average Bonchev–Trinajstić information content (AvgIpc) is 2.78. The Balaban J connectivity index is 2.03. The Bertz CT molecular complexity index is 313. The van der Waals surface area contributed by atoms with Gasteiger partial charge >= 0.3 is 0 Å². The molecule has 0 aromatic carbocycles. The molecule has 0 N–H and O–H groups in total. The first-order chi connectivity index (χ1) is 7.33. The van der Waals surface area contributed by atoms with Crippen molar-refractivity contribution < 1.29 is 0 Å². The lowest BCUT2D eigenvalue weighted by atomic mass is 9.91. The maximum atomic E-state index is 4.39.